The molecule has 0 amide bonds. The first-order valence-corrected chi connectivity index (χ1v) is 6.45. The van der Waals surface area contributed by atoms with Crippen molar-refractivity contribution in [2.24, 2.45) is 0 Å². The summed E-state index contributed by atoms with van der Waals surface area (Å²) >= 11 is 0. The van der Waals surface area contributed by atoms with E-state index >= 15 is 0 Å². The molecule has 0 N–H and O–H groups in total. The van der Waals surface area contributed by atoms with Crippen molar-refractivity contribution in [2.45, 2.75) is 20.8 Å². The van der Waals surface area contributed by atoms with Gasteiger partial charge in [0, 0.05) is 0 Å². The Bertz CT molecular complexity index is 624. The number of hydrogen-bond donors (Lipinski definition) is 0. The van der Waals surface area contributed by atoms with Gasteiger partial charge in [0.1, 0.15) is 22.8 Å². The molecule has 0 unspecified atom stereocenters. The van der Waals surface area contributed by atoms with E-state index in [0.717, 1.165) is 16.9 Å². The smallest absolute Gasteiger partial charge is 0.167 e. The third-order valence-electron chi connectivity index (χ3n) is 2.98. The third-order valence-corrected chi connectivity index (χ3v) is 2.98. The van der Waals surface area contributed by atoms with E-state index in [1.165, 1.54) is 6.92 Å². The second-order valence-corrected chi connectivity index (χ2v) is 4.82. The van der Waals surface area contributed by atoms with E-state index in [1.807, 2.05) is 32.0 Å². The lowest BCUT2D eigenvalue weighted by molar-refractivity contribution is 0.101. The molecule has 0 aromatic heterocycles. The van der Waals surface area contributed by atoms with Crippen molar-refractivity contribution in [3.8, 4) is 17.2 Å². The van der Waals surface area contributed by atoms with Gasteiger partial charge in [-0.2, -0.15) is 0 Å². The van der Waals surface area contributed by atoms with Crippen LogP contribution in [0.2, 0.25) is 0 Å². The molecule has 2 rings (SSSR count). The van der Waals surface area contributed by atoms with E-state index in [1.54, 1.807) is 19.2 Å². The Hall–Kier alpha value is -2.29. The number of benzene rings is 2. The molecule has 0 atom stereocenters. The minimum atomic E-state index is -0.0816. The van der Waals surface area contributed by atoms with Crippen molar-refractivity contribution in [3.05, 3.63) is 53.1 Å². The molecule has 2 aromatic carbocycles. The van der Waals surface area contributed by atoms with Gasteiger partial charge in [-0.05, 0) is 56.2 Å². The number of carbonyl (C=O) groups is 1. The van der Waals surface area contributed by atoms with Gasteiger partial charge >= 0.3 is 0 Å². The number of rotatable bonds is 4. The van der Waals surface area contributed by atoms with Gasteiger partial charge in [0.05, 0.1) is 7.11 Å². The maximum Gasteiger partial charge on any atom is 0.167 e. The van der Waals surface area contributed by atoms with Crippen molar-refractivity contribution < 1.29 is 14.3 Å². The molecule has 2 aromatic rings. The monoisotopic (exact) mass is 270 g/mol. The summed E-state index contributed by atoms with van der Waals surface area (Å²) in [5.41, 5.74) is 2.70. The fourth-order valence-electron chi connectivity index (χ4n) is 2.23. The van der Waals surface area contributed by atoms with Crippen molar-refractivity contribution in [1.82, 2.24) is 0 Å². The summed E-state index contributed by atoms with van der Waals surface area (Å²) in [7, 11) is 1.54. The molecule has 0 bridgehead atoms. The Labute approximate surface area is 119 Å². The van der Waals surface area contributed by atoms with Gasteiger partial charge in [0.25, 0.3) is 0 Å². The zero-order chi connectivity index (χ0) is 14.7. The van der Waals surface area contributed by atoms with Crippen LogP contribution in [-0.2, 0) is 0 Å². The fourth-order valence-corrected chi connectivity index (χ4v) is 2.23. The van der Waals surface area contributed by atoms with Crippen LogP contribution in [0, 0.1) is 13.8 Å². The van der Waals surface area contributed by atoms with Gasteiger partial charge < -0.3 is 9.47 Å². The maximum absolute atomic E-state index is 11.8. The number of carbonyl (C=O) groups excluding carboxylic acids is 1. The summed E-state index contributed by atoms with van der Waals surface area (Å²) in [6.07, 6.45) is 0. The predicted octanol–water partition coefficient (Wildman–Crippen LogP) is 4.31. The molecular weight excluding hydrogens is 252 g/mol. The predicted molar refractivity (Wildman–Crippen MR) is 79.0 cm³/mol. The van der Waals surface area contributed by atoms with Crippen LogP contribution >= 0.6 is 0 Å². The lowest BCUT2D eigenvalue weighted by Crippen LogP contribution is -2.01. The van der Waals surface area contributed by atoms with Crippen molar-refractivity contribution >= 4 is 5.78 Å². The van der Waals surface area contributed by atoms with Crippen LogP contribution in [0.3, 0.4) is 0 Å². The number of methoxy groups -OCH3 is 1. The highest BCUT2D eigenvalue weighted by atomic mass is 16.5. The quantitative estimate of drug-likeness (QED) is 0.777. The van der Waals surface area contributed by atoms with Crippen LogP contribution in [0.4, 0.5) is 0 Å². The van der Waals surface area contributed by atoms with Crippen molar-refractivity contribution in [1.29, 1.82) is 0 Å². The first-order chi connectivity index (χ1) is 9.51. The van der Waals surface area contributed by atoms with Crippen LogP contribution in [0.1, 0.15) is 28.4 Å². The molecule has 0 saturated carbocycles. The van der Waals surface area contributed by atoms with E-state index < -0.39 is 0 Å². The highest BCUT2D eigenvalue weighted by molar-refractivity contribution is 5.99. The van der Waals surface area contributed by atoms with Crippen molar-refractivity contribution in [2.75, 3.05) is 7.11 Å². The third kappa shape index (κ3) is 2.99. The lowest BCUT2D eigenvalue weighted by atomic mass is 10.1. The Kier molecular flexibility index (Phi) is 4.08. The zero-order valence-corrected chi connectivity index (χ0v) is 12.2. The normalized spacial score (nSPS) is 10.2. The average molecular weight is 270 g/mol. The minimum absolute atomic E-state index is 0.0816. The molecule has 0 radical (unpaired) electrons. The fraction of sp³-hybridized carbons (Fsp3) is 0.235. The Morgan fingerprint density at radius 1 is 1.00 bits per heavy atom. The molecule has 0 saturated heterocycles. The molecular formula is C17H18O3. The summed E-state index contributed by atoms with van der Waals surface area (Å²) < 4.78 is 11.1. The SMILES string of the molecule is COc1cccc(Oc2cc(C)cc(C)c2)c1C(C)=O. The molecule has 3 nitrogen and oxygen atoms in total. The molecule has 0 aliphatic carbocycles. The van der Waals surface area contributed by atoms with Crippen LogP contribution in [0.25, 0.3) is 0 Å². The second kappa shape index (κ2) is 5.78. The van der Waals surface area contributed by atoms with E-state index in [-0.39, 0.29) is 5.78 Å². The van der Waals surface area contributed by atoms with E-state index in [0.29, 0.717) is 17.1 Å². The summed E-state index contributed by atoms with van der Waals surface area (Å²) in [4.78, 5) is 11.8. The van der Waals surface area contributed by atoms with E-state index in [9.17, 15) is 4.79 Å². The molecule has 0 aliphatic heterocycles. The van der Waals surface area contributed by atoms with Crippen LogP contribution in [0.5, 0.6) is 17.2 Å². The number of aryl methyl sites for hydroxylation is 2. The summed E-state index contributed by atoms with van der Waals surface area (Å²) in [6, 6.07) is 11.3. The highest BCUT2D eigenvalue weighted by Gasteiger charge is 2.15. The van der Waals surface area contributed by atoms with Gasteiger partial charge in [-0.25, -0.2) is 0 Å². The molecule has 0 spiro atoms. The first kappa shape index (κ1) is 14.1. The van der Waals surface area contributed by atoms with Crippen LogP contribution < -0.4 is 9.47 Å². The van der Waals surface area contributed by atoms with Gasteiger partial charge in [-0.15, -0.1) is 0 Å². The number of hydrogen-bond acceptors (Lipinski definition) is 3. The zero-order valence-electron chi connectivity index (χ0n) is 12.2. The van der Waals surface area contributed by atoms with Gasteiger partial charge in [0.2, 0.25) is 0 Å². The van der Waals surface area contributed by atoms with Gasteiger partial charge in [-0.1, -0.05) is 12.1 Å². The standard InChI is InChI=1S/C17H18O3/c1-11-8-12(2)10-14(9-11)20-16-7-5-6-15(19-4)17(16)13(3)18/h5-10H,1-4H3. The molecule has 0 aliphatic rings. The number of ether oxygens (including phenoxy) is 2. The molecule has 104 valence electrons. The summed E-state index contributed by atoms with van der Waals surface area (Å²) in [5, 5.41) is 0. The second-order valence-electron chi connectivity index (χ2n) is 4.82. The molecule has 0 heterocycles. The van der Waals surface area contributed by atoms with Gasteiger partial charge in [0.15, 0.2) is 5.78 Å². The average Bonchev–Trinajstić information content (AvgIpc) is 2.36. The topological polar surface area (TPSA) is 35.5 Å². The Morgan fingerprint density at radius 2 is 1.60 bits per heavy atom. The molecule has 3 heteroatoms. The highest BCUT2D eigenvalue weighted by Crippen LogP contribution is 2.32. The molecule has 20 heavy (non-hydrogen) atoms. The summed E-state index contributed by atoms with van der Waals surface area (Å²) in [5.74, 6) is 1.68. The first-order valence-electron chi connectivity index (χ1n) is 6.45. The minimum Gasteiger partial charge on any atom is -0.496 e. The lowest BCUT2D eigenvalue weighted by Gasteiger charge is -2.13. The summed E-state index contributed by atoms with van der Waals surface area (Å²) in [6.45, 7) is 5.53. The Morgan fingerprint density at radius 3 is 2.15 bits per heavy atom. The van der Waals surface area contributed by atoms with Crippen LogP contribution in [-0.4, -0.2) is 12.9 Å². The maximum atomic E-state index is 11.8. The van der Waals surface area contributed by atoms with Crippen LogP contribution in [0.15, 0.2) is 36.4 Å². The largest absolute Gasteiger partial charge is 0.496 e. The van der Waals surface area contributed by atoms with Gasteiger partial charge in [-0.3, -0.25) is 4.79 Å². The molecule has 0 fully saturated rings. The van der Waals surface area contributed by atoms with E-state index in [2.05, 4.69) is 6.07 Å². The Balaban J connectivity index is 2.45. The number of Topliss-reactive ketones (excluding diaryl/α,β-unsaturated/α-hetero) is 1. The van der Waals surface area contributed by atoms with Crippen molar-refractivity contribution in [3.63, 3.8) is 0 Å². The van der Waals surface area contributed by atoms with E-state index in [4.69, 9.17) is 9.47 Å². The number of ketones is 1.